The van der Waals surface area contributed by atoms with Crippen molar-refractivity contribution in [1.82, 2.24) is 4.90 Å². The van der Waals surface area contributed by atoms with Gasteiger partial charge < -0.3 is 4.90 Å². The molecule has 2 aliphatic rings. The van der Waals surface area contributed by atoms with Gasteiger partial charge in [-0.2, -0.15) is 0 Å². The topological polar surface area (TPSA) is 3.24 Å². The van der Waals surface area contributed by atoms with Crippen molar-refractivity contribution in [3.63, 3.8) is 0 Å². The molecule has 2 fully saturated rings. The second-order valence-electron chi connectivity index (χ2n) is 6.65. The van der Waals surface area contributed by atoms with Crippen LogP contribution in [0.1, 0.15) is 64.7 Å². The fourth-order valence-corrected chi connectivity index (χ4v) is 4.12. The summed E-state index contributed by atoms with van der Waals surface area (Å²) in [6.07, 6.45) is 13.4. The Morgan fingerprint density at radius 3 is 2.35 bits per heavy atom. The van der Waals surface area contributed by atoms with Gasteiger partial charge >= 0.3 is 0 Å². The van der Waals surface area contributed by atoms with Crippen LogP contribution in [0.4, 0.5) is 0 Å². The van der Waals surface area contributed by atoms with Crippen LogP contribution < -0.4 is 0 Å². The second-order valence-corrected chi connectivity index (χ2v) is 6.65. The summed E-state index contributed by atoms with van der Waals surface area (Å²) in [6, 6.07) is 0. The fraction of sp³-hybridized carbons (Fsp3) is 1.00. The van der Waals surface area contributed by atoms with Gasteiger partial charge in [0.1, 0.15) is 0 Å². The lowest BCUT2D eigenvalue weighted by Crippen LogP contribution is -2.32. The van der Waals surface area contributed by atoms with E-state index in [1.54, 1.807) is 0 Å². The molecule has 100 valence electrons. The predicted molar refractivity (Wildman–Crippen MR) is 75.2 cm³/mol. The lowest BCUT2D eigenvalue weighted by molar-refractivity contribution is 0.155. The molecule has 0 amide bonds. The van der Waals surface area contributed by atoms with Gasteiger partial charge in [-0.1, -0.05) is 45.4 Å². The van der Waals surface area contributed by atoms with Gasteiger partial charge in [-0.25, -0.2) is 0 Å². The van der Waals surface area contributed by atoms with Crippen LogP contribution in [0.5, 0.6) is 0 Å². The highest BCUT2D eigenvalue weighted by Crippen LogP contribution is 2.36. The summed E-state index contributed by atoms with van der Waals surface area (Å²) in [5.74, 6) is 3.00. The molecule has 0 radical (unpaired) electrons. The van der Waals surface area contributed by atoms with Crippen molar-refractivity contribution in [2.45, 2.75) is 64.7 Å². The number of hydrogen-bond donors (Lipinski definition) is 0. The Kier molecular flexibility index (Phi) is 5.34. The molecule has 17 heavy (non-hydrogen) atoms. The van der Waals surface area contributed by atoms with Gasteiger partial charge in [-0.3, -0.25) is 0 Å². The molecule has 3 atom stereocenters. The van der Waals surface area contributed by atoms with E-state index in [-0.39, 0.29) is 0 Å². The minimum Gasteiger partial charge on any atom is -0.306 e. The van der Waals surface area contributed by atoms with E-state index in [1.165, 1.54) is 70.9 Å². The minimum absolute atomic E-state index is 0.979. The van der Waals surface area contributed by atoms with Gasteiger partial charge in [0.25, 0.3) is 0 Å². The summed E-state index contributed by atoms with van der Waals surface area (Å²) < 4.78 is 0. The van der Waals surface area contributed by atoms with Crippen LogP contribution in [0, 0.1) is 17.8 Å². The summed E-state index contributed by atoms with van der Waals surface area (Å²) in [5, 5.41) is 0. The molecule has 1 saturated carbocycles. The first-order valence-corrected chi connectivity index (χ1v) is 7.96. The van der Waals surface area contributed by atoms with E-state index in [4.69, 9.17) is 0 Å². The molecule has 0 aromatic carbocycles. The zero-order valence-corrected chi connectivity index (χ0v) is 12.0. The Morgan fingerprint density at radius 2 is 1.53 bits per heavy atom. The first kappa shape index (κ1) is 13.4. The highest BCUT2D eigenvalue weighted by Gasteiger charge is 2.28. The Labute approximate surface area is 108 Å². The maximum atomic E-state index is 2.59. The zero-order valence-electron chi connectivity index (χ0n) is 12.0. The molecule has 0 bridgehead atoms. The number of rotatable bonds is 1. The number of likely N-dealkylation sites (tertiary alicyclic amines) is 1. The van der Waals surface area contributed by atoms with E-state index in [0.717, 1.165) is 17.8 Å². The van der Waals surface area contributed by atoms with Crippen molar-refractivity contribution in [3.8, 4) is 0 Å². The van der Waals surface area contributed by atoms with Crippen molar-refractivity contribution in [2.75, 3.05) is 20.1 Å². The van der Waals surface area contributed by atoms with Crippen LogP contribution in [0.15, 0.2) is 0 Å². The molecule has 1 aliphatic carbocycles. The molecule has 1 heterocycles. The van der Waals surface area contributed by atoms with E-state index >= 15 is 0 Å². The lowest BCUT2D eigenvalue weighted by atomic mass is 9.74. The smallest absolute Gasteiger partial charge is 0.000936 e. The van der Waals surface area contributed by atoms with Crippen LogP contribution in [-0.4, -0.2) is 25.0 Å². The van der Waals surface area contributed by atoms with Crippen LogP contribution in [-0.2, 0) is 0 Å². The zero-order chi connectivity index (χ0) is 12.1. The standard InChI is InChI=1S/C16H31N/c1-14-9-5-3-4-6-11-16(14)15-10-7-8-12-17(2)13-15/h14-16H,3-13H2,1-2H3/t14?,15-,16?/m1/s1. The van der Waals surface area contributed by atoms with Crippen LogP contribution in [0.25, 0.3) is 0 Å². The average molecular weight is 237 g/mol. The van der Waals surface area contributed by atoms with Gasteiger partial charge in [0.15, 0.2) is 0 Å². The monoisotopic (exact) mass is 237 g/mol. The van der Waals surface area contributed by atoms with Crippen molar-refractivity contribution in [2.24, 2.45) is 17.8 Å². The SMILES string of the molecule is CC1CCCCCCC1[C@@H]1CCCCN(C)C1. The maximum Gasteiger partial charge on any atom is 0.000936 e. The number of nitrogens with zero attached hydrogens (tertiary/aromatic N) is 1. The van der Waals surface area contributed by atoms with Gasteiger partial charge in [0.2, 0.25) is 0 Å². The molecular weight excluding hydrogens is 206 g/mol. The quantitative estimate of drug-likeness (QED) is 0.656. The summed E-state index contributed by atoms with van der Waals surface area (Å²) in [4.78, 5) is 2.59. The van der Waals surface area contributed by atoms with Gasteiger partial charge in [-0.05, 0) is 50.6 Å². The highest BCUT2D eigenvalue weighted by atomic mass is 15.1. The Bertz CT molecular complexity index is 214. The lowest BCUT2D eigenvalue weighted by Gasteiger charge is -2.34. The molecule has 2 rings (SSSR count). The number of hydrogen-bond acceptors (Lipinski definition) is 1. The fourth-order valence-electron chi connectivity index (χ4n) is 4.12. The third kappa shape index (κ3) is 3.98. The van der Waals surface area contributed by atoms with Crippen molar-refractivity contribution in [1.29, 1.82) is 0 Å². The molecule has 0 N–H and O–H groups in total. The molecule has 2 unspecified atom stereocenters. The largest absolute Gasteiger partial charge is 0.306 e. The van der Waals surface area contributed by atoms with Crippen LogP contribution in [0.2, 0.25) is 0 Å². The highest BCUT2D eigenvalue weighted by molar-refractivity contribution is 4.80. The maximum absolute atomic E-state index is 2.59. The first-order valence-electron chi connectivity index (χ1n) is 7.96. The second kappa shape index (κ2) is 6.78. The summed E-state index contributed by atoms with van der Waals surface area (Å²) in [7, 11) is 2.33. The molecular formula is C16H31N. The molecule has 1 saturated heterocycles. The molecule has 0 aromatic rings. The third-order valence-electron chi connectivity index (χ3n) is 5.19. The van der Waals surface area contributed by atoms with E-state index in [1.807, 2.05) is 0 Å². The van der Waals surface area contributed by atoms with E-state index in [0.29, 0.717) is 0 Å². The van der Waals surface area contributed by atoms with E-state index in [2.05, 4.69) is 18.9 Å². The normalized spacial score (nSPS) is 38.1. The van der Waals surface area contributed by atoms with Crippen molar-refractivity contribution < 1.29 is 0 Å². The first-order chi connectivity index (χ1) is 8.27. The average Bonchev–Trinajstić information content (AvgIpc) is 2.49. The van der Waals surface area contributed by atoms with Crippen molar-refractivity contribution in [3.05, 3.63) is 0 Å². The van der Waals surface area contributed by atoms with Gasteiger partial charge in [0.05, 0.1) is 0 Å². The minimum atomic E-state index is 0.979. The Balaban J connectivity index is 1.95. The summed E-state index contributed by atoms with van der Waals surface area (Å²) in [6.45, 7) is 5.23. The molecule has 1 aliphatic heterocycles. The summed E-state index contributed by atoms with van der Waals surface area (Å²) in [5.41, 5.74) is 0. The van der Waals surface area contributed by atoms with E-state index in [9.17, 15) is 0 Å². The van der Waals surface area contributed by atoms with Crippen LogP contribution >= 0.6 is 0 Å². The van der Waals surface area contributed by atoms with Gasteiger partial charge in [-0.15, -0.1) is 0 Å². The Morgan fingerprint density at radius 1 is 0.824 bits per heavy atom. The van der Waals surface area contributed by atoms with Gasteiger partial charge in [0, 0.05) is 6.54 Å². The Hall–Kier alpha value is -0.0400. The molecule has 1 heteroatoms. The van der Waals surface area contributed by atoms with Crippen molar-refractivity contribution >= 4 is 0 Å². The predicted octanol–water partition coefficient (Wildman–Crippen LogP) is 4.32. The third-order valence-corrected chi connectivity index (χ3v) is 5.19. The molecule has 1 nitrogen and oxygen atoms in total. The van der Waals surface area contributed by atoms with Crippen LogP contribution in [0.3, 0.4) is 0 Å². The van der Waals surface area contributed by atoms with E-state index < -0.39 is 0 Å². The molecule has 0 aromatic heterocycles. The summed E-state index contributed by atoms with van der Waals surface area (Å²) >= 11 is 0. The molecule has 0 spiro atoms.